The van der Waals surface area contributed by atoms with E-state index >= 15 is 0 Å². The maximum Gasteiger partial charge on any atom is 0.156 e. The molecule has 0 spiro atoms. The lowest BCUT2D eigenvalue weighted by Gasteiger charge is -2.12. The highest BCUT2D eigenvalue weighted by molar-refractivity contribution is 7.92. The Labute approximate surface area is 114 Å². The first-order valence-electron chi connectivity index (χ1n) is 6.18. The first kappa shape index (κ1) is 15.8. The summed E-state index contributed by atoms with van der Waals surface area (Å²) in [4.78, 5) is 0. The van der Waals surface area contributed by atoms with Gasteiger partial charge in [0.05, 0.1) is 18.1 Å². The van der Waals surface area contributed by atoms with Crippen LogP contribution in [-0.4, -0.2) is 39.7 Å². The summed E-state index contributed by atoms with van der Waals surface area (Å²) in [6, 6.07) is 7.02. The van der Waals surface area contributed by atoms with Crippen molar-refractivity contribution in [3.8, 4) is 11.5 Å². The van der Waals surface area contributed by atoms with Crippen molar-refractivity contribution < 1.29 is 17.9 Å². The molecular formula is C13H21NO4S. The second-order valence-electron chi connectivity index (χ2n) is 4.28. The van der Waals surface area contributed by atoms with Crippen molar-refractivity contribution in [1.82, 2.24) is 0 Å². The number of rotatable bonds is 8. The Morgan fingerprint density at radius 1 is 1.21 bits per heavy atom. The summed E-state index contributed by atoms with van der Waals surface area (Å²) < 4.78 is 34.1. The summed E-state index contributed by atoms with van der Waals surface area (Å²) in [5, 5.41) is -0.419. The van der Waals surface area contributed by atoms with Gasteiger partial charge in [0.25, 0.3) is 0 Å². The summed E-state index contributed by atoms with van der Waals surface area (Å²) in [5.41, 5.74) is 5.37. The third-order valence-corrected chi connectivity index (χ3v) is 5.08. The molecular weight excluding hydrogens is 266 g/mol. The van der Waals surface area contributed by atoms with Gasteiger partial charge in [-0.2, -0.15) is 0 Å². The molecule has 0 aliphatic carbocycles. The van der Waals surface area contributed by atoms with Gasteiger partial charge in [0.2, 0.25) is 0 Å². The molecule has 0 radical (unpaired) electrons. The topological polar surface area (TPSA) is 78.6 Å². The van der Waals surface area contributed by atoms with E-state index in [1.54, 1.807) is 38.3 Å². The van der Waals surface area contributed by atoms with Crippen molar-refractivity contribution in [1.29, 1.82) is 0 Å². The summed E-state index contributed by atoms with van der Waals surface area (Å²) in [7, 11) is -1.55. The molecule has 19 heavy (non-hydrogen) atoms. The summed E-state index contributed by atoms with van der Waals surface area (Å²) >= 11 is 0. The highest BCUT2D eigenvalue weighted by Crippen LogP contribution is 2.17. The predicted molar refractivity (Wildman–Crippen MR) is 75.4 cm³/mol. The van der Waals surface area contributed by atoms with Gasteiger partial charge in [-0.25, -0.2) is 8.42 Å². The molecule has 0 fully saturated rings. The Bertz CT molecular complexity index is 470. The standard InChI is InChI=1S/C13H21NO4S/c1-11(7-8-14)19(15,16)10-9-18-13-5-3-12(17-2)4-6-13/h3-6,11H,7-10,14H2,1-2H3. The van der Waals surface area contributed by atoms with Crippen LogP contribution in [0.25, 0.3) is 0 Å². The molecule has 0 aliphatic rings. The van der Waals surface area contributed by atoms with E-state index in [-0.39, 0.29) is 12.4 Å². The van der Waals surface area contributed by atoms with Crippen molar-refractivity contribution in [3.63, 3.8) is 0 Å². The first-order chi connectivity index (χ1) is 8.99. The van der Waals surface area contributed by atoms with Crippen LogP contribution in [0.15, 0.2) is 24.3 Å². The van der Waals surface area contributed by atoms with Gasteiger partial charge in [0.1, 0.15) is 18.1 Å². The molecule has 0 aliphatic heterocycles. The zero-order chi connectivity index (χ0) is 14.3. The van der Waals surface area contributed by atoms with Crippen molar-refractivity contribution in [2.45, 2.75) is 18.6 Å². The Balaban J connectivity index is 2.44. The van der Waals surface area contributed by atoms with E-state index < -0.39 is 15.1 Å². The highest BCUT2D eigenvalue weighted by atomic mass is 32.2. The van der Waals surface area contributed by atoms with Crippen LogP contribution in [0.2, 0.25) is 0 Å². The second-order valence-corrected chi connectivity index (χ2v) is 6.82. The van der Waals surface area contributed by atoms with Gasteiger partial charge < -0.3 is 15.2 Å². The largest absolute Gasteiger partial charge is 0.497 e. The molecule has 0 bridgehead atoms. The van der Waals surface area contributed by atoms with Gasteiger partial charge >= 0.3 is 0 Å². The van der Waals surface area contributed by atoms with E-state index in [1.165, 1.54) is 0 Å². The normalized spacial score (nSPS) is 13.0. The van der Waals surface area contributed by atoms with Crippen molar-refractivity contribution in [3.05, 3.63) is 24.3 Å². The van der Waals surface area contributed by atoms with Crippen LogP contribution in [0.1, 0.15) is 13.3 Å². The number of nitrogens with two attached hydrogens (primary N) is 1. The molecule has 0 saturated carbocycles. The Morgan fingerprint density at radius 3 is 2.32 bits per heavy atom. The molecule has 0 amide bonds. The Hall–Kier alpha value is -1.27. The van der Waals surface area contributed by atoms with Crippen LogP contribution in [-0.2, 0) is 9.84 Å². The molecule has 1 unspecified atom stereocenters. The van der Waals surface area contributed by atoms with Gasteiger partial charge in [-0.1, -0.05) is 0 Å². The van der Waals surface area contributed by atoms with Gasteiger partial charge in [0, 0.05) is 0 Å². The summed E-state index contributed by atoms with van der Waals surface area (Å²) in [6.07, 6.45) is 0.477. The number of methoxy groups -OCH3 is 1. The Kier molecular flexibility index (Phi) is 6.11. The Morgan fingerprint density at radius 2 is 1.79 bits per heavy atom. The molecule has 2 N–H and O–H groups in total. The van der Waals surface area contributed by atoms with Crippen LogP contribution >= 0.6 is 0 Å². The molecule has 6 heteroatoms. The lowest BCUT2D eigenvalue weighted by Crippen LogP contribution is -2.26. The lowest BCUT2D eigenvalue weighted by atomic mass is 10.3. The average molecular weight is 287 g/mol. The number of ether oxygens (including phenoxy) is 2. The number of hydrogen-bond acceptors (Lipinski definition) is 5. The molecule has 1 aromatic carbocycles. The fraction of sp³-hybridized carbons (Fsp3) is 0.538. The van der Waals surface area contributed by atoms with Crippen LogP contribution < -0.4 is 15.2 Å². The van der Waals surface area contributed by atoms with Crippen molar-refractivity contribution in [2.75, 3.05) is 26.0 Å². The molecule has 1 atom stereocenters. The fourth-order valence-corrected chi connectivity index (χ4v) is 2.78. The minimum absolute atomic E-state index is 0.000194. The zero-order valence-corrected chi connectivity index (χ0v) is 12.2. The molecule has 108 valence electrons. The fourth-order valence-electron chi connectivity index (χ4n) is 1.56. The minimum atomic E-state index is -3.14. The quantitative estimate of drug-likeness (QED) is 0.778. The van der Waals surface area contributed by atoms with Gasteiger partial charge in [-0.05, 0) is 44.2 Å². The minimum Gasteiger partial charge on any atom is -0.497 e. The molecule has 5 nitrogen and oxygen atoms in total. The molecule has 1 rings (SSSR count). The third kappa shape index (κ3) is 5.08. The van der Waals surface area contributed by atoms with E-state index in [0.29, 0.717) is 18.7 Å². The SMILES string of the molecule is COc1ccc(OCCS(=O)(=O)C(C)CCN)cc1. The van der Waals surface area contributed by atoms with Crippen LogP contribution in [0.5, 0.6) is 11.5 Å². The molecule has 0 heterocycles. The number of hydrogen-bond donors (Lipinski definition) is 1. The maximum atomic E-state index is 11.9. The molecule has 1 aromatic rings. The third-order valence-electron chi connectivity index (χ3n) is 2.88. The predicted octanol–water partition coefficient (Wildman–Crippen LogP) is 1.23. The van der Waals surface area contributed by atoms with Crippen molar-refractivity contribution >= 4 is 9.84 Å². The lowest BCUT2D eigenvalue weighted by molar-refractivity contribution is 0.339. The average Bonchev–Trinajstić information content (AvgIpc) is 2.39. The van der Waals surface area contributed by atoms with Crippen LogP contribution in [0, 0.1) is 0 Å². The van der Waals surface area contributed by atoms with Gasteiger partial charge in [0.15, 0.2) is 9.84 Å². The van der Waals surface area contributed by atoms with Gasteiger partial charge in [-0.15, -0.1) is 0 Å². The van der Waals surface area contributed by atoms with E-state index in [4.69, 9.17) is 15.2 Å². The van der Waals surface area contributed by atoms with E-state index in [2.05, 4.69) is 0 Å². The highest BCUT2D eigenvalue weighted by Gasteiger charge is 2.19. The molecule has 0 aromatic heterocycles. The maximum absolute atomic E-state index is 11.9. The smallest absolute Gasteiger partial charge is 0.156 e. The van der Waals surface area contributed by atoms with Crippen LogP contribution in [0.4, 0.5) is 0 Å². The van der Waals surface area contributed by atoms with E-state index in [9.17, 15) is 8.42 Å². The second kappa shape index (κ2) is 7.35. The molecule has 0 saturated heterocycles. The summed E-state index contributed by atoms with van der Waals surface area (Å²) in [5.74, 6) is 1.36. The first-order valence-corrected chi connectivity index (χ1v) is 7.89. The van der Waals surface area contributed by atoms with E-state index in [0.717, 1.165) is 5.75 Å². The monoisotopic (exact) mass is 287 g/mol. The number of sulfone groups is 1. The van der Waals surface area contributed by atoms with Crippen molar-refractivity contribution in [2.24, 2.45) is 5.73 Å². The van der Waals surface area contributed by atoms with Crippen LogP contribution in [0.3, 0.4) is 0 Å². The zero-order valence-electron chi connectivity index (χ0n) is 11.3. The number of benzene rings is 1. The van der Waals surface area contributed by atoms with Gasteiger partial charge in [-0.3, -0.25) is 0 Å². The van der Waals surface area contributed by atoms with E-state index in [1.807, 2.05) is 0 Å². The summed E-state index contributed by atoms with van der Waals surface area (Å²) in [6.45, 7) is 2.19.